The number of hydrogen-bond donors (Lipinski definition) is 0. The van der Waals surface area contributed by atoms with Gasteiger partial charge in [0.1, 0.15) is 0 Å². The van der Waals surface area contributed by atoms with E-state index in [0.29, 0.717) is 10.6 Å². The lowest BCUT2D eigenvalue weighted by atomic mass is 10.1. The average Bonchev–Trinajstić information content (AvgIpc) is 2.25. The summed E-state index contributed by atoms with van der Waals surface area (Å²) < 4.78 is 0. The summed E-state index contributed by atoms with van der Waals surface area (Å²) in [6.45, 7) is 4.05. The molecule has 0 fully saturated rings. The van der Waals surface area contributed by atoms with E-state index in [0.717, 1.165) is 24.0 Å². The zero-order valence-electron chi connectivity index (χ0n) is 9.05. The van der Waals surface area contributed by atoms with E-state index < -0.39 is 0 Å². The molecule has 1 aromatic carbocycles. The van der Waals surface area contributed by atoms with Crippen molar-refractivity contribution in [2.75, 3.05) is 0 Å². The predicted octanol–water partition coefficient (Wildman–Crippen LogP) is 4.27. The van der Waals surface area contributed by atoms with Crippen LogP contribution in [0, 0.1) is 18.3 Å². The summed E-state index contributed by atoms with van der Waals surface area (Å²) in [5.41, 5.74) is 2.76. The number of hydrogen-bond acceptors (Lipinski definition) is 1. The van der Waals surface area contributed by atoms with Gasteiger partial charge >= 0.3 is 0 Å². The monoisotopic (exact) mass is 219 g/mol. The first kappa shape index (κ1) is 11.8. The second kappa shape index (κ2) is 5.58. The highest BCUT2D eigenvalue weighted by atomic mass is 35.5. The lowest BCUT2D eigenvalue weighted by molar-refractivity contribution is 0.933. The summed E-state index contributed by atoms with van der Waals surface area (Å²) in [6.07, 6.45) is 1.67. The largest absolute Gasteiger partial charge is 0.193 e. The minimum Gasteiger partial charge on any atom is -0.193 e. The van der Waals surface area contributed by atoms with Gasteiger partial charge in [-0.3, -0.25) is 0 Å². The molecule has 1 nitrogen and oxygen atoms in total. The molecule has 0 radical (unpaired) electrons. The fraction of sp³-hybridized carbons (Fsp3) is 0.308. The maximum Gasteiger partial charge on any atom is 0.0962 e. The standard InChI is InChI=1S/C13H14ClN/c1-3-5-12(9-15)13(14)11-7-4-6-10(2)8-11/h4,6-8H,3,5H2,1-2H3. The van der Waals surface area contributed by atoms with Crippen LogP contribution in [0.25, 0.3) is 5.03 Å². The first-order valence-electron chi connectivity index (χ1n) is 5.04. The SMILES string of the molecule is CCCC(C#N)=C(Cl)c1cccc(C)c1. The molecule has 0 aliphatic heterocycles. The molecule has 0 aliphatic rings. The van der Waals surface area contributed by atoms with E-state index in [1.54, 1.807) is 0 Å². The molecule has 0 spiro atoms. The van der Waals surface area contributed by atoms with Crippen LogP contribution >= 0.6 is 11.6 Å². The van der Waals surface area contributed by atoms with Gasteiger partial charge in [-0.05, 0) is 18.9 Å². The number of allylic oxidation sites excluding steroid dienone is 1. The van der Waals surface area contributed by atoms with Gasteiger partial charge in [-0.25, -0.2) is 0 Å². The highest BCUT2D eigenvalue weighted by molar-refractivity contribution is 6.49. The van der Waals surface area contributed by atoms with E-state index in [1.165, 1.54) is 0 Å². The van der Waals surface area contributed by atoms with Crippen molar-refractivity contribution in [3.63, 3.8) is 0 Å². The third kappa shape index (κ3) is 3.11. The quantitative estimate of drug-likeness (QED) is 0.697. The third-order valence-corrected chi connectivity index (χ3v) is 2.62. The van der Waals surface area contributed by atoms with Crippen LogP contribution in [0.3, 0.4) is 0 Å². The Bertz CT molecular complexity index is 413. The number of benzene rings is 1. The molecular weight excluding hydrogens is 206 g/mol. The van der Waals surface area contributed by atoms with Crippen molar-refractivity contribution in [3.8, 4) is 6.07 Å². The maximum atomic E-state index is 8.97. The Balaban J connectivity index is 3.11. The van der Waals surface area contributed by atoms with Crippen molar-refractivity contribution < 1.29 is 0 Å². The van der Waals surface area contributed by atoms with Crippen LogP contribution in [0.4, 0.5) is 0 Å². The lowest BCUT2D eigenvalue weighted by Gasteiger charge is -2.03. The molecule has 0 N–H and O–H groups in total. The van der Waals surface area contributed by atoms with Crippen LogP contribution in [0.2, 0.25) is 0 Å². The molecule has 15 heavy (non-hydrogen) atoms. The van der Waals surface area contributed by atoms with E-state index in [4.69, 9.17) is 16.9 Å². The van der Waals surface area contributed by atoms with Crippen molar-refractivity contribution in [3.05, 3.63) is 41.0 Å². The van der Waals surface area contributed by atoms with Crippen LogP contribution in [-0.4, -0.2) is 0 Å². The molecule has 0 aromatic heterocycles. The maximum absolute atomic E-state index is 8.97. The van der Waals surface area contributed by atoms with Gasteiger partial charge in [0.25, 0.3) is 0 Å². The Kier molecular flexibility index (Phi) is 4.39. The first-order valence-corrected chi connectivity index (χ1v) is 5.42. The fourth-order valence-corrected chi connectivity index (χ4v) is 1.67. The summed E-state index contributed by atoms with van der Waals surface area (Å²) >= 11 is 6.18. The second-order valence-electron chi connectivity index (χ2n) is 3.52. The van der Waals surface area contributed by atoms with E-state index in [2.05, 4.69) is 6.07 Å². The summed E-state index contributed by atoms with van der Waals surface area (Å²) in [4.78, 5) is 0. The smallest absolute Gasteiger partial charge is 0.0962 e. The van der Waals surface area contributed by atoms with Crippen LogP contribution in [0.1, 0.15) is 30.9 Å². The van der Waals surface area contributed by atoms with E-state index in [1.807, 2.05) is 38.1 Å². The van der Waals surface area contributed by atoms with E-state index in [9.17, 15) is 0 Å². The Morgan fingerprint density at radius 1 is 1.47 bits per heavy atom. The number of nitrogens with zero attached hydrogens (tertiary/aromatic N) is 1. The van der Waals surface area contributed by atoms with Crippen LogP contribution in [0.5, 0.6) is 0 Å². The summed E-state index contributed by atoms with van der Waals surface area (Å²) in [5, 5.41) is 9.55. The first-order chi connectivity index (χ1) is 7.19. The fourth-order valence-electron chi connectivity index (χ4n) is 1.42. The van der Waals surface area contributed by atoms with Gasteiger partial charge in [-0.2, -0.15) is 5.26 Å². The molecule has 78 valence electrons. The molecule has 0 atom stereocenters. The molecule has 0 saturated heterocycles. The second-order valence-corrected chi connectivity index (χ2v) is 3.90. The van der Waals surface area contributed by atoms with Crippen molar-refractivity contribution in [2.24, 2.45) is 0 Å². The average molecular weight is 220 g/mol. The van der Waals surface area contributed by atoms with E-state index >= 15 is 0 Å². The highest BCUT2D eigenvalue weighted by Gasteiger charge is 2.05. The predicted molar refractivity (Wildman–Crippen MR) is 64.5 cm³/mol. The highest BCUT2D eigenvalue weighted by Crippen LogP contribution is 2.25. The zero-order chi connectivity index (χ0) is 11.3. The van der Waals surface area contributed by atoms with Crippen LogP contribution in [0.15, 0.2) is 29.8 Å². The Hall–Kier alpha value is -1.26. The van der Waals surface area contributed by atoms with Gasteiger partial charge in [0, 0.05) is 5.57 Å². The van der Waals surface area contributed by atoms with Crippen LogP contribution in [-0.2, 0) is 0 Å². The summed E-state index contributed by atoms with van der Waals surface area (Å²) in [6, 6.07) is 10.1. The minimum atomic E-state index is 0.586. The molecule has 2 heteroatoms. The normalized spacial score (nSPS) is 11.9. The molecule has 0 aliphatic carbocycles. The molecule has 0 amide bonds. The van der Waals surface area contributed by atoms with Gasteiger partial charge in [-0.15, -0.1) is 0 Å². The Morgan fingerprint density at radius 3 is 2.73 bits per heavy atom. The molecule has 0 heterocycles. The van der Waals surface area contributed by atoms with Crippen molar-refractivity contribution in [1.29, 1.82) is 5.26 Å². The Morgan fingerprint density at radius 2 is 2.20 bits per heavy atom. The van der Waals surface area contributed by atoms with Crippen molar-refractivity contribution >= 4 is 16.6 Å². The Labute approximate surface area is 96.0 Å². The summed E-state index contributed by atoms with van der Waals surface area (Å²) in [5.74, 6) is 0. The van der Waals surface area contributed by atoms with Gasteiger partial charge < -0.3 is 0 Å². The van der Waals surface area contributed by atoms with Gasteiger partial charge in [0.05, 0.1) is 11.1 Å². The lowest BCUT2D eigenvalue weighted by Crippen LogP contribution is -1.86. The molecule has 0 bridgehead atoms. The van der Waals surface area contributed by atoms with Gasteiger partial charge in [-0.1, -0.05) is 54.8 Å². The molecule has 1 rings (SSSR count). The number of aryl methyl sites for hydroxylation is 1. The molecule has 1 aromatic rings. The number of rotatable bonds is 3. The zero-order valence-corrected chi connectivity index (χ0v) is 9.80. The molecule has 0 unspecified atom stereocenters. The molecule has 0 saturated carbocycles. The van der Waals surface area contributed by atoms with Crippen molar-refractivity contribution in [2.45, 2.75) is 26.7 Å². The summed E-state index contributed by atoms with van der Waals surface area (Å²) in [7, 11) is 0. The van der Waals surface area contributed by atoms with E-state index in [-0.39, 0.29) is 0 Å². The van der Waals surface area contributed by atoms with Gasteiger partial charge in [0.15, 0.2) is 0 Å². The van der Waals surface area contributed by atoms with Crippen LogP contribution < -0.4 is 0 Å². The minimum absolute atomic E-state index is 0.586. The number of nitriles is 1. The van der Waals surface area contributed by atoms with Crippen molar-refractivity contribution in [1.82, 2.24) is 0 Å². The van der Waals surface area contributed by atoms with Gasteiger partial charge in [0.2, 0.25) is 0 Å². The number of halogens is 1. The third-order valence-electron chi connectivity index (χ3n) is 2.17. The molecular formula is C13H14ClN. The topological polar surface area (TPSA) is 23.8 Å².